The number of nitrogens with zero attached hydrogens (tertiary/aromatic N) is 1. The quantitative estimate of drug-likeness (QED) is 0.610. The lowest BCUT2D eigenvalue weighted by Crippen LogP contribution is -1.83. The van der Waals surface area contributed by atoms with E-state index in [0.29, 0.717) is 0 Å². The smallest absolute Gasteiger partial charge is 0.0984 e. The monoisotopic (exact) mass is 187 g/mol. The molecular formula is C7H6ClNOS. The van der Waals surface area contributed by atoms with Crippen LogP contribution in [0, 0.1) is 0 Å². The molecule has 0 aromatic heterocycles. The van der Waals surface area contributed by atoms with Gasteiger partial charge in [0.25, 0.3) is 0 Å². The topological polar surface area (TPSA) is 29.4 Å². The first kappa shape index (κ1) is 8.43. The summed E-state index contributed by atoms with van der Waals surface area (Å²) in [5.74, 6) is 0. The number of rotatable bonds is 0. The highest BCUT2D eigenvalue weighted by molar-refractivity contribution is 7.99. The van der Waals surface area contributed by atoms with Crippen LogP contribution in [0.15, 0.2) is 34.2 Å². The van der Waals surface area contributed by atoms with Gasteiger partial charge in [0.2, 0.25) is 0 Å². The Morgan fingerprint density at radius 2 is 2.00 bits per heavy atom. The summed E-state index contributed by atoms with van der Waals surface area (Å²) >= 11 is 0. The highest BCUT2D eigenvalue weighted by Crippen LogP contribution is 2.25. The van der Waals surface area contributed by atoms with Crippen LogP contribution in [0.1, 0.15) is 0 Å². The second-order valence-electron chi connectivity index (χ2n) is 2.00. The van der Waals surface area contributed by atoms with Gasteiger partial charge in [-0.15, -0.1) is 12.4 Å². The summed E-state index contributed by atoms with van der Waals surface area (Å²) in [6.07, 6.45) is 0. The zero-order valence-electron chi connectivity index (χ0n) is 5.56. The van der Waals surface area contributed by atoms with E-state index in [4.69, 9.17) is 0 Å². The molecule has 1 aliphatic rings. The van der Waals surface area contributed by atoms with Gasteiger partial charge in [-0.1, -0.05) is 12.1 Å². The molecule has 0 amide bonds. The molecule has 1 aliphatic heterocycles. The third-order valence-corrected chi connectivity index (χ3v) is 2.45. The molecule has 0 saturated heterocycles. The first-order chi connectivity index (χ1) is 4.88. The molecule has 1 aromatic carbocycles. The number of fused-ring (bicyclic) bond motifs is 1. The van der Waals surface area contributed by atoms with Gasteiger partial charge in [-0.25, -0.2) is 9.20 Å². The van der Waals surface area contributed by atoms with E-state index in [-0.39, 0.29) is 12.4 Å². The molecule has 1 atom stereocenters. The zero-order valence-corrected chi connectivity index (χ0v) is 7.19. The van der Waals surface area contributed by atoms with Crippen LogP contribution >= 0.6 is 12.4 Å². The highest BCUT2D eigenvalue weighted by Gasteiger charge is 2.11. The van der Waals surface area contributed by atoms with Crippen molar-refractivity contribution in [1.82, 2.24) is 0 Å². The van der Waals surface area contributed by atoms with Crippen molar-refractivity contribution in [2.75, 3.05) is 0 Å². The minimum absolute atomic E-state index is 0. The van der Waals surface area contributed by atoms with Crippen molar-refractivity contribution in [3.63, 3.8) is 0 Å². The maximum absolute atomic E-state index is 11.0. The summed E-state index contributed by atoms with van der Waals surface area (Å²) in [5, 5.41) is 0. The maximum atomic E-state index is 11.0. The average Bonchev–Trinajstić information content (AvgIpc) is 2.34. The standard InChI is InChI=1S/C7H5NOS.ClH/c9-10-5-8-6-3-1-2-4-7(6)10;/h1-5H;1H. The Labute approximate surface area is 73.2 Å². The van der Waals surface area contributed by atoms with Crippen LogP contribution in [0.25, 0.3) is 0 Å². The fourth-order valence-electron chi connectivity index (χ4n) is 0.895. The third kappa shape index (κ3) is 1.34. The van der Waals surface area contributed by atoms with Crippen LogP contribution in [0.3, 0.4) is 0 Å². The molecule has 1 unspecified atom stereocenters. The second-order valence-corrected chi connectivity index (χ2v) is 3.25. The lowest BCUT2D eigenvalue weighted by Gasteiger charge is -1.90. The van der Waals surface area contributed by atoms with Gasteiger partial charge in [0, 0.05) is 0 Å². The Kier molecular flexibility index (Phi) is 2.42. The van der Waals surface area contributed by atoms with Gasteiger partial charge in [-0.3, -0.25) is 0 Å². The van der Waals surface area contributed by atoms with Crippen LogP contribution in [0.2, 0.25) is 0 Å². The van der Waals surface area contributed by atoms with E-state index >= 15 is 0 Å². The molecule has 2 rings (SSSR count). The molecule has 0 fully saturated rings. The summed E-state index contributed by atoms with van der Waals surface area (Å²) < 4.78 is 11.0. The number of hydrogen-bond donors (Lipinski definition) is 0. The molecule has 1 aromatic rings. The fourth-order valence-corrected chi connectivity index (χ4v) is 1.76. The predicted octanol–water partition coefficient (Wildman–Crippen LogP) is 1.89. The number of benzene rings is 1. The van der Waals surface area contributed by atoms with E-state index in [1.54, 1.807) is 0 Å². The fraction of sp³-hybridized carbons (Fsp3) is 0. The van der Waals surface area contributed by atoms with Crippen molar-refractivity contribution < 1.29 is 4.21 Å². The van der Waals surface area contributed by atoms with Crippen molar-refractivity contribution in [2.45, 2.75) is 4.90 Å². The molecule has 0 saturated carbocycles. The van der Waals surface area contributed by atoms with Crippen LogP contribution < -0.4 is 0 Å². The number of para-hydroxylation sites is 1. The number of aliphatic imine (C=N–C) groups is 1. The normalized spacial score (nSPS) is 19.1. The first-order valence-electron chi connectivity index (χ1n) is 2.92. The second kappa shape index (κ2) is 3.15. The summed E-state index contributed by atoms with van der Waals surface area (Å²) in [6.45, 7) is 0. The van der Waals surface area contributed by atoms with Crippen molar-refractivity contribution in [2.24, 2.45) is 4.99 Å². The largest absolute Gasteiger partial charge is 0.248 e. The Morgan fingerprint density at radius 1 is 1.27 bits per heavy atom. The lowest BCUT2D eigenvalue weighted by molar-refractivity contribution is 0.691. The molecule has 11 heavy (non-hydrogen) atoms. The minimum atomic E-state index is -0.989. The molecule has 0 spiro atoms. The molecule has 0 N–H and O–H groups in total. The van der Waals surface area contributed by atoms with Gasteiger partial charge in [0.15, 0.2) is 0 Å². The van der Waals surface area contributed by atoms with Crippen molar-refractivity contribution in [3.05, 3.63) is 24.3 Å². The van der Waals surface area contributed by atoms with Crippen molar-refractivity contribution >= 4 is 34.4 Å². The van der Waals surface area contributed by atoms with Gasteiger partial charge in [0.05, 0.1) is 26.9 Å². The molecule has 0 aliphatic carbocycles. The average molecular weight is 188 g/mol. The van der Waals surface area contributed by atoms with Gasteiger partial charge >= 0.3 is 0 Å². The number of hydrogen-bond acceptors (Lipinski definition) is 2. The first-order valence-corrected chi connectivity index (χ1v) is 4.13. The van der Waals surface area contributed by atoms with E-state index in [1.165, 1.54) is 5.55 Å². The van der Waals surface area contributed by atoms with Gasteiger partial charge in [0.1, 0.15) is 0 Å². The van der Waals surface area contributed by atoms with Gasteiger partial charge in [-0.2, -0.15) is 0 Å². The Hall–Kier alpha value is -0.670. The van der Waals surface area contributed by atoms with Gasteiger partial charge in [-0.05, 0) is 12.1 Å². The van der Waals surface area contributed by atoms with Crippen LogP contribution in [0.5, 0.6) is 0 Å². The molecule has 0 radical (unpaired) electrons. The van der Waals surface area contributed by atoms with Gasteiger partial charge < -0.3 is 0 Å². The predicted molar refractivity (Wildman–Crippen MR) is 48.3 cm³/mol. The van der Waals surface area contributed by atoms with E-state index < -0.39 is 10.8 Å². The molecule has 58 valence electrons. The van der Waals surface area contributed by atoms with E-state index in [0.717, 1.165) is 10.6 Å². The summed E-state index contributed by atoms with van der Waals surface area (Å²) in [7, 11) is -0.989. The number of halogens is 1. The van der Waals surface area contributed by atoms with Crippen molar-refractivity contribution in [3.8, 4) is 0 Å². The van der Waals surface area contributed by atoms with Crippen LogP contribution in [-0.2, 0) is 10.8 Å². The summed E-state index contributed by atoms with van der Waals surface area (Å²) in [4.78, 5) is 4.78. The molecule has 1 heterocycles. The molecule has 2 nitrogen and oxygen atoms in total. The van der Waals surface area contributed by atoms with E-state index in [9.17, 15) is 4.21 Å². The molecule has 4 heteroatoms. The summed E-state index contributed by atoms with van der Waals surface area (Å²) in [6, 6.07) is 7.44. The Morgan fingerprint density at radius 3 is 2.73 bits per heavy atom. The van der Waals surface area contributed by atoms with Crippen molar-refractivity contribution in [1.29, 1.82) is 0 Å². The maximum Gasteiger partial charge on any atom is 0.0984 e. The van der Waals surface area contributed by atoms with Crippen LogP contribution in [0.4, 0.5) is 5.69 Å². The SMILES string of the molecule is Cl.O=S1C=Nc2ccccc21. The minimum Gasteiger partial charge on any atom is -0.248 e. The zero-order chi connectivity index (χ0) is 6.97. The Bertz CT molecular complexity index is 324. The highest BCUT2D eigenvalue weighted by atomic mass is 35.5. The van der Waals surface area contributed by atoms with E-state index in [2.05, 4.69) is 4.99 Å². The molecule has 0 bridgehead atoms. The lowest BCUT2D eigenvalue weighted by atomic mass is 10.3. The summed E-state index contributed by atoms with van der Waals surface area (Å²) in [5.41, 5.74) is 2.30. The van der Waals surface area contributed by atoms with E-state index in [1.807, 2.05) is 24.3 Å². The molecular weight excluding hydrogens is 182 g/mol. The Balaban J connectivity index is 0.000000605. The third-order valence-electron chi connectivity index (χ3n) is 1.37. The van der Waals surface area contributed by atoms with Crippen LogP contribution in [-0.4, -0.2) is 9.76 Å².